The molecule has 1 unspecified atom stereocenters. The Hall–Kier alpha value is -3.39. The van der Waals surface area contributed by atoms with E-state index in [4.69, 9.17) is 4.74 Å². The highest BCUT2D eigenvalue weighted by molar-refractivity contribution is 5.83. The Kier molecular flexibility index (Phi) is 8.65. The third-order valence-corrected chi connectivity index (χ3v) is 6.06. The van der Waals surface area contributed by atoms with Crippen molar-refractivity contribution in [2.75, 3.05) is 27.2 Å². The van der Waals surface area contributed by atoms with E-state index in [1.54, 1.807) is 19.0 Å². The lowest BCUT2D eigenvalue weighted by molar-refractivity contribution is -0.142. The molecule has 8 heteroatoms. The summed E-state index contributed by atoms with van der Waals surface area (Å²) in [5, 5.41) is 14.6. The third-order valence-electron chi connectivity index (χ3n) is 6.06. The van der Waals surface area contributed by atoms with Crippen molar-refractivity contribution in [1.82, 2.24) is 15.5 Å². The summed E-state index contributed by atoms with van der Waals surface area (Å²) in [5.74, 6) is -1.46. The minimum Gasteiger partial charge on any atom is -0.480 e. The van der Waals surface area contributed by atoms with Crippen LogP contribution in [0.5, 0.6) is 0 Å². The van der Waals surface area contributed by atoms with E-state index in [0.29, 0.717) is 12.8 Å². The first-order valence-electron chi connectivity index (χ1n) is 11.6. The molecule has 3 rings (SSSR count). The summed E-state index contributed by atoms with van der Waals surface area (Å²) in [6.07, 6.45) is 0.600. The van der Waals surface area contributed by atoms with E-state index in [-0.39, 0.29) is 37.4 Å². The Balaban J connectivity index is 1.50. The quantitative estimate of drug-likeness (QED) is 0.468. The molecular formula is C26H33N3O5. The summed E-state index contributed by atoms with van der Waals surface area (Å²) in [6, 6.07) is 15.1. The molecule has 3 N–H and O–H groups in total. The van der Waals surface area contributed by atoms with Crippen LogP contribution >= 0.6 is 0 Å². The number of nitrogens with zero attached hydrogens (tertiary/aromatic N) is 1. The Labute approximate surface area is 200 Å². The fourth-order valence-corrected chi connectivity index (χ4v) is 4.31. The molecule has 1 aliphatic carbocycles. The Bertz CT molecular complexity index is 978. The maximum Gasteiger partial charge on any atom is 0.407 e. The summed E-state index contributed by atoms with van der Waals surface area (Å²) in [4.78, 5) is 37.8. The Morgan fingerprint density at radius 1 is 1.00 bits per heavy atom. The normalized spacial score (nSPS) is 14.1. The zero-order chi connectivity index (χ0) is 24.7. The highest BCUT2D eigenvalue weighted by atomic mass is 16.5. The van der Waals surface area contributed by atoms with Gasteiger partial charge < -0.3 is 25.4 Å². The van der Waals surface area contributed by atoms with Crippen molar-refractivity contribution >= 4 is 18.0 Å². The van der Waals surface area contributed by atoms with Gasteiger partial charge in [-0.3, -0.25) is 4.79 Å². The minimum absolute atomic E-state index is 0.0198. The lowest BCUT2D eigenvalue weighted by atomic mass is 9.98. The van der Waals surface area contributed by atoms with Crippen LogP contribution in [0.4, 0.5) is 4.79 Å². The number of aliphatic carboxylic acids is 1. The van der Waals surface area contributed by atoms with Crippen molar-refractivity contribution in [3.63, 3.8) is 0 Å². The number of hydrogen-bond donors (Lipinski definition) is 3. The van der Waals surface area contributed by atoms with E-state index in [1.807, 2.05) is 31.2 Å². The first-order chi connectivity index (χ1) is 16.3. The fourth-order valence-electron chi connectivity index (χ4n) is 4.31. The van der Waals surface area contributed by atoms with E-state index in [2.05, 4.69) is 34.9 Å². The molecule has 0 heterocycles. The molecule has 2 aromatic rings. The highest BCUT2D eigenvalue weighted by Gasteiger charge is 2.29. The van der Waals surface area contributed by atoms with Crippen LogP contribution < -0.4 is 10.6 Å². The van der Waals surface area contributed by atoms with E-state index < -0.39 is 18.1 Å². The number of benzene rings is 2. The number of hydrogen-bond acceptors (Lipinski definition) is 5. The van der Waals surface area contributed by atoms with E-state index in [0.717, 1.165) is 11.1 Å². The van der Waals surface area contributed by atoms with Crippen LogP contribution in [-0.4, -0.2) is 67.3 Å². The van der Waals surface area contributed by atoms with Crippen molar-refractivity contribution in [3.05, 3.63) is 59.7 Å². The first-order valence-corrected chi connectivity index (χ1v) is 11.6. The predicted molar refractivity (Wildman–Crippen MR) is 130 cm³/mol. The summed E-state index contributed by atoms with van der Waals surface area (Å²) in [6.45, 7) is 2.34. The van der Waals surface area contributed by atoms with Gasteiger partial charge >= 0.3 is 12.1 Å². The number of fused-ring (bicyclic) bond motifs is 3. The van der Waals surface area contributed by atoms with Gasteiger partial charge in [0, 0.05) is 24.9 Å². The minimum atomic E-state index is -1.08. The van der Waals surface area contributed by atoms with Crippen LogP contribution in [-0.2, 0) is 14.3 Å². The number of nitrogens with one attached hydrogen (secondary N) is 2. The molecular weight excluding hydrogens is 434 g/mol. The second kappa shape index (κ2) is 11.7. The first kappa shape index (κ1) is 25.2. The van der Waals surface area contributed by atoms with Crippen LogP contribution in [0, 0.1) is 0 Å². The smallest absolute Gasteiger partial charge is 0.407 e. The van der Waals surface area contributed by atoms with Gasteiger partial charge in [0.25, 0.3) is 0 Å². The molecule has 0 fully saturated rings. The molecule has 0 spiro atoms. The predicted octanol–water partition coefficient (Wildman–Crippen LogP) is 3.21. The van der Waals surface area contributed by atoms with Crippen LogP contribution in [0.15, 0.2) is 48.5 Å². The summed E-state index contributed by atoms with van der Waals surface area (Å²) >= 11 is 0. The number of carboxylic acids is 1. The maximum atomic E-state index is 12.5. The molecule has 8 nitrogen and oxygen atoms in total. The second-order valence-electron chi connectivity index (χ2n) is 8.83. The fraction of sp³-hybridized carbons (Fsp3) is 0.423. The number of amides is 2. The molecule has 0 saturated heterocycles. The average Bonchev–Trinajstić information content (AvgIpc) is 3.13. The Morgan fingerprint density at radius 2 is 1.59 bits per heavy atom. The van der Waals surface area contributed by atoms with Gasteiger partial charge in [0.2, 0.25) is 5.91 Å². The molecule has 1 aliphatic rings. The highest BCUT2D eigenvalue weighted by Crippen LogP contribution is 2.44. The molecule has 2 atom stereocenters. The van der Waals surface area contributed by atoms with E-state index >= 15 is 0 Å². The number of carboxylic acid groups (broad SMARTS) is 1. The van der Waals surface area contributed by atoms with Gasteiger partial charge in [0.1, 0.15) is 12.6 Å². The number of carbonyl (C=O) groups is 3. The van der Waals surface area contributed by atoms with Gasteiger partial charge in [0.15, 0.2) is 0 Å². The van der Waals surface area contributed by atoms with Crippen LogP contribution in [0.2, 0.25) is 0 Å². The number of rotatable bonds is 11. The summed E-state index contributed by atoms with van der Waals surface area (Å²) < 4.78 is 5.58. The average molecular weight is 468 g/mol. The zero-order valence-corrected chi connectivity index (χ0v) is 19.9. The lowest BCUT2D eigenvalue weighted by Crippen LogP contribution is -2.47. The van der Waals surface area contributed by atoms with Crippen molar-refractivity contribution in [2.45, 2.75) is 44.2 Å². The van der Waals surface area contributed by atoms with Crippen LogP contribution in [0.1, 0.15) is 43.2 Å². The molecule has 0 aliphatic heterocycles. The molecule has 2 amide bonds. The number of alkyl carbamates (subject to hydrolysis) is 1. The van der Waals surface area contributed by atoms with Crippen molar-refractivity contribution in [2.24, 2.45) is 0 Å². The summed E-state index contributed by atoms with van der Waals surface area (Å²) in [7, 11) is 3.49. The Morgan fingerprint density at radius 3 is 2.12 bits per heavy atom. The van der Waals surface area contributed by atoms with Gasteiger partial charge in [-0.25, -0.2) is 9.59 Å². The lowest BCUT2D eigenvalue weighted by Gasteiger charge is -2.20. The standard InChI is InChI=1S/C26H33N3O5/c1-4-17(13-14-24(30)28-23(25(31)32)15-29(2)3)27-26(33)34-16-22-20-11-7-5-9-18(20)19-10-6-8-12-21(19)22/h5-12,17,22-23H,4,13-16H2,1-3H3,(H,27,33)(H,28,30)(H,31,32)/t17?,23-/m0/s1. The van der Waals surface area contributed by atoms with Gasteiger partial charge in [-0.2, -0.15) is 0 Å². The van der Waals surface area contributed by atoms with Gasteiger partial charge in [0.05, 0.1) is 0 Å². The van der Waals surface area contributed by atoms with E-state index in [9.17, 15) is 19.5 Å². The monoisotopic (exact) mass is 467 g/mol. The number of ether oxygens (including phenoxy) is 1. The van der Waals surface area contributed by atoms with Crippen LogP contribution in [0.25, 0.3) is 11.1 Å². The molecule has 182 valence electrons. The largest absolute Gasteiger partial charge is 0.480 e. The van der Waals surface area contributed by atoms with Crippen LogP contribution in [0.3, 0.4) is 0 Å². The van der Waals surface area contributed by atoms with Gasteiger partial charge in [-0.15, -0.1) is 0 Å². The summed E-state index contributed by atoms with van der Waals surface area (Å²) in [5.41, 5.74) is 4.62. The van der Waals surface area contributed by atoms with Gasteiger partial charge in [-0.1, -0.05) is 55.5 Å². The van der Waals surface area contributed by atoms with Crippen molar-refractivity contribution in [1.29, 1.82) is 0 Å². The van der Waals surface area contributed by atoms with Crippen molar-refractivity contribution < 1.29 is 24.2 Å². The molecule has 2 aromatic carbocycles. The molecule has 0 aromatic heterocycles. The topological polar surface area (TPSA) is 108 Å². The molecule has 0 radical (unpaired) electrons. The van der Waals surface area contributed by atoms with Gasteiger partial charge in [-0.05, 0) is 49.2 Å². The molecule has 0 saturated carbocycles. The zero-order valence-electron chi connectivity index (χ0n) is 19.9. The van der Waals surface area contributed by atoms with Crippen molar-refractivity contribution in [3.8, 4) is 11.1 Å². The number of carbonyl (C=O) groups excluding carboxylic acids is 2. The third kappa shape index (κ3) is 6.35. The van der Waals surface area contributed by atoms with E-state index in [1.165, 1.54) is 11.1 Å². The SMILES string of the molecule is CCC(CCC(=O)N[C@@H](CN(C)C)C(=O)O)NC(=O)OCC1c2ccccc2-c2ccccc21. The second-order valence-corrected chi connectivity index (χ2v) is 8.83. The maximum absolute atomic E-state index is 12.5. The number of likely N-dealkylation sites (N-methyl/N-ethyl adjacent to an activating group) is 1. The molecule has 34 heavy (non-hydrogen) atoms. The molecule has 0 bridgehead atoms.